The number of fused-ring (bicyclic) bond motifs is 1. The number of hydrogen-bond acceptors (Lipinski definition) is 3. The first kappa shape index (κ1) is 15.1. The van der Waals surface area contributed by atoms with Crippen LogP contribution in [-0.4, -0.2) is 10.9 Å². The van der Waals surface area contributed by atoms with Crippen molar-refractivity contribution in [2.75, 3.05) is 5.32 Å². The third-order valence-corrected chi connectivity index (χ3v) is 4.58. The summed E-state index contributed by atoms with van der Waals surface area (Å²) >= 11 is 13.2. The molecule has 2 aromatic carbocycles. The molecule has 0 radical (unpaired) electrons. The summed E-state index contributed by atoms with van der Waals surface area (Å²) in [6.07, 6.45) is 0. The number of anilines is 1. The number of carbonyl (C=O) groups is 1. The Morgan fingerprint density at radius 1 is 1.09 bits per heavy atom. The molecule has 0 spiro atoms. The van der Waals surface area contributed by atoms with E-state index in [0.29, 0.717) is 20.3 Å². The minimum Gasteiger partial charge on any atom is -0.298 e. The summed E-state index contributed by atoms with van der Waals surface area (Å²) in [5.41, 5.74) is 0.454. The van der Waals surface area contributed by atoms with Gasteiger partial charge in [-0.15, -0.1) is 0 Å². The monoisotopic (exact) mass is 358 g/mol. The first-order valence-corrected chi connectivity index (χ1v) is 7.54. The predicted octanol–water partition coefficient (Wildman–Crippen LogP) is 5.13. The highest BCUT2D eigenvalue weighted by Gasteiger charge is 2.14. The third kappa shape index (κ3) is 2.77. The normalized spacial score (nSPS) is 10.9. The summed E-state index contributed by atoms with van der Waals surface area (Å²) in [5.74, 6) is -2.72. The fourth-order valence-corrected chi connectivity index (χ4v) is 3.22. The highest BCUT2D eigenvalue weighted by Crippen LogP contribution is 2.36. The molecule has 0 saturated carbocycles. The van der Waals surface area contributed by atoms with Crippen LogP contribution in [0, 0.1) is 11.6 Å². The number of carbonyl (C=O) groups excluding carboxylic acids is 1. The van der Waals surface area contributed by atoms with Gasteiger partial charge in [-0.25, -0.2) is 13.8 Å². The van der Waals surface area contributed by atoms with Crippen LogP contribution in [0.25, 0.3) is 10.2 Å². The SMILES string of the molecule is O=C(Nc1nc2c(Cl)ccc(Cl)c2s1)c1ccc(F)c(F)c1. The van der Waals surface area contributed by atoms with Crippen molar-refractivity contribution in [3.63, 3.8) is 0 Å². The van der Waals surface area contributed by atoms with Gasteiger partial charge in [0.1, 0.15) is 5.52 Å². The summed E-state index contributed by atoms with van der Waals surface area (Å²) in [4.78, 5) is 16.2. The summed E-state index contributed by atoms with van der Waals surface area (Å²) in [7, 11) is 0. The minimum atomic E-state index is -1.09. The van der Waals surface area contributed by atoms with E-state index in [9.17, 15) is 13.6 Å². The van der Waals surface area contributed by atoms with E-state index in [0.717, 1.165) is 23.5 Å². The molecule has 3 nitrogen and oxygen atoms in total. The van der Waals surface area contributed by atoms with Crippen molar-refractivity contribution >= 4 is 55.8 Å². The average molecular weight is 359 g/mol. The van der Waals surface area contributed by atoms with Crippen molar-refractivity contribution in [1.29, 1.82) is 0 Å². The van der Waals surface area contributed by atoms with Crippen LogP contribution in [0.3, 0.4) is 0 Å². The summed E-state index contributed by atoms with van der Waals surface area (Å²) < 4.78 is 26.7. The Kier molecular flexibility index (Phi) is 3.99. The molecule has 3 rings (SSSR count). The maximum Gasteiger partial charge on any atom is 0.257 e. The van der Waals surface area contributed by atoms with Crippen LogP contribution in [0.5, 0.6) is 0 Å². The van der Waals surface area contributed by atoms with Gasteiger partial charge in [-0.1, -0.05) is 34.5 Å². The summed E-state index contributed by atoms with van der Waals surface area (Å²) in [6, 6.07) is 6.12. The highest BCUT2D eigenvalue weighted by atomic mass is 35.5. The molecule has 3 aromatic rings. The zero-order chi connectivity index (χ0) is 15.9. The topological polar surface area (TPSA) is 42.0 Å². The smallest absolute Gasteiger partial charge is 0.257 e. The first-order valence-electron chi connectivity index (χ1n) is 5.96. The van der Waals surface area contributed by atoms with Crippen LogP contribution < -0.4 is 5.32 Å². The number of amides is 1. The maximum atomic E-state index is 13.1. The second kappa shape index (κ2) is 5.79. The van der Waals surface area contributed by atoms with E-state index in [1.54, 1.807) is 12.1 Å². The molecule has 112 valence electrons. The van der Waals surface area contributed by atoms with Gasteiger partial charge in [-0.05, 0) is 30.3 Å². The number of thiazole rings is 1. The van der Waals surface area contributed by atoms with E-state index >= 15 is 0 Å². The molecule has 22 heavy (non-hydrogen) atoms. The Morgan fingerprint density at radius 3 is 2.50 bits per heavy atom. The van der Waals surface area contributed by atoms with E-state index in [2.05, 4.69) is 10.3 Å². The van der Waals surface area contributed by atoms with Crippen molar-refractivity contribution in [3.05, 3.63) is 57.6 Å². The molecule has 0 saturated heterocycles. The number of nitrogens with one attached hydrogen (secondary N) is 1. The van der Waals surface area contributed by atoms with Crippen molar-refractivity contribution in [1.82, 2.24) is 4.98 Å². The number of nitrogens with zero attached hydrogens (tertiary/aromatic N) is 1. The van der Waals surface area contributed by atoms with Crippen LogP contribution in [0.2, 0.25) is 10.0 Å². The van der Waals surface area contributed by atoms with Crippen LogP contribution in [-0.2, 0) is 0 Å². The molecule has 1 amide bonds. The fraction of sp³-hybridized carbons (Fsp3) is 0. The largest absolute Gasteiger partial charge is 0.298 e. The van der Waals surface area contributed by atoms with Gasteiger partial charge in [0.25, 0.3) is 5.91 Å². The Labute approximate surface area is 137 Å². The molecule has 8 heteroatoms. The van der Waals surface area contributed by atoms with E-state index in [-0.39, 0.29) is 10.7 Å². The third-order valence-electron chi connectivity index (χ3n) is 2.85. The second-order valence-corrected chi connectivity index (χ2v) is 6.12. The molecular weight excluding hydrogens is 353 g/mol. The first-order chi connectivity index (χ1) is 10.5. The lowest BCUT2D eigenvalue weighted by Gasteiger charge is -2.01. The molecule has 0 aliphatic carbocycles. The molecule has 1 N–H and O–H groups in total. The van der Waals surface area contributed by atoms with Crippen molar-refractivity contribution in [2.24, 2.45) is 0 Å². The average Bonchev–Trinajstić information content (AvgIpc) is 2.91. The van der Waals surface area contributed by atoms with Gasteiger partial charge in [0, 0.05) is 5.56 Å². The molecule has 0 fully saturated rings. The lowest BCUT2D eigenvalue weighted by atomic mass is 10.2. The van der Waals surface area contributed by atoms with Crippen LogP contribution >= 0.6 is 34.5 Å². The quantitative estimate of drug-likeness (QED) is 0.689. The van der Waals surface area contributed by atoms with Gasteiger partial charge < -0.3 is 0 Å². The van der Waals surface area contributed by atoms with Gasteiger partial charge in [-0.2, -0.15) is 0 Å². The number of aromatic nitrogens is 1. The highest BCUT2D eigenvalue weighted by molar-refractivity contribution is 7.23. The molecular formula is C14H6Cl2F2N2OS. The fourth-order valence-electron chi connectivity index (χ4n) is 1.80. The predicted molar refractivity (Wildman–Crippen MR) is 84.0 cm³/mol. The lowest BCUT2D eigenvalue weighted by molar-refractivity contribution is 0.102. The van der Waals surface area contributed by atoms with Crippen LogP contribution in [0.15, 0.2) is 30.3 Å². The zero-order valence-electron chi connectivity index (χ0n) is 10.7. The minimum absolute atomic E-state index is 0.0182. The molecule has 0 atom stereocenters. The molecule has 0 aliphatic heterocycles. The van der Waals surface area contributed by atoms with Gasteiger partial charge >= 0.3 is 0 Å². The molecule has 0 unspecified atom stereocenters. The van der Waals surface area contributed by atoms with Crippen LogP contribution in [0.4, 0.5) is 13.9 Å². The Hall–Kier alpha value is -1.76. The number of rotatable bonds is 2. The Balaban J connectivity index is 1.92. The molecule has 0 bridgehead atoms. The van der Waals surface area contributed by atoms with Gasteiger partial charge in [-0.3, -0.25) is 10.1 Å². The number of halogens is 4. The maximum absolute atomic E-state index is 13.1. The Morgan fingerprint density at radius 2 is 1.82 bits per heavy atom. The molecule has 0 aliphatic rings. The number of benzene rings is 2. The van der Waals surface area contributed by atoms with Gasteiger partial charge in [0.2, 0.25) is 0 Å². The van der Waals surface area contributed by atoms with Crippen molar-refractivity contribution in [2.45, 2.75) is 0 Å². The number of hydrogen-bond donors (Lipinski definition) is 1. The van der Waals surface area contributed by atoms with Gasteiger partial charge in [0.05, 0.1) is 14.7 Å². The molecule has 1 aromatic heterocycles. The second-order valence-electron chi connectivity index (χ2n) is 4.31. The van der Waals surface area contributed by atoms with E-state index in [4.69, 9.17) is 23.2 Å². The Bertz CT molecular complexity index is 859. The lowest BCUT2D eigenvalue weighted by Crippen LogP contribution is -2.12. The standard InChI is InChI=1S/C14H6Cl2F2N2OS/c15-7-2-3-8(16)12-11(7)19-14(22-12)20-13(21)6-1-4-9(17)10(18)5-6/h1-5H,(H,19,20,21). The summed E-state index contributed by atoms with van der Waals surface area (Å²) in [5, 5.41) is 3.64. The van der Waals surface area contributed by atoms with Crippen molar-refractivity contribution in [3.8, 4) is 0 Å². The van der Waals surface area contributed by atoms with Crippen molar-refractivity contribution < 1.29 is 13.6 Å². The summed E-state index contributed by atoms with van der Waals surface area (Å²) in [6.45, 7) is 0. The zero-order valence-corrected chi connectivity index (χ0v) is 13.0. The van der Waals surface area contributed by atoms with Gasteiger partial charge in [0.15, 0.2) is 16.8 Å². The van der Waals surface area contributed by atoms with E-state index in [1.165, 1.54) is 6.07 Å². The van der Waals surface area contributed by atoms with E-state index < -0.39 is 17.5 Å². The van der Waals surface area contributed by atoms with Crippen LogP contribution in [0.1, 0.15) is 10.4 Å². The van der Waals surface area contributed by atoms with E-state index in [1.807, 2.05) is 0 Å². The molecule has 1 heterocycles.